The summed E-state index contributed by atoms with van der Waals surface area (Å²) in [4.78, 5) is 30.3. The maximum Gasteiger partial charge on any atom is 0.225 e. The number of aryl methyl sites for hydroxylation is 1. The number of rotatable bonds is 3. The molecule has 0 N–H and O–H groups in total. The van der Waals surface area contributed by atoms with E-state index in [2.05, 4.69) is 4.98 Å². The SMILES string of the molecule is CCN(C(C)=O)c1nc(C=C2CCc3ccccc3C2=O)cs1. The molecule has 23 heavy (non-hydrogen) atoms. The zero-order chi connectivity index (χ0) is 16.4. The van der Waals surface area contributed by atoms with E-state index in [1.54, 1.807) is 4.90 Å². The van der Waals surface area contributed by atoms with Crippen molar-refractivity contribution in [3.63, 3.8) is 0 Å². The van der Waals surface area contributed by atoms with Gasteiger partial charge in [0.1, 0.15) is 0 Å². The van der Waals surface area contributed by atoms with Crippen molar-refractivity contribution >= 4 is 34.2 Å². The van der Waals surface area contributed by atoms with Gasteiger partial charge in [0.05, 0.1) is 5.69 Å². The van der Waals surface area contributed by atoms with Crippen molar-refractivity contribution in [3.05, 3.63) is 52.0 Å². The summed E-state index contributed by atoms with van der Waals surface area (Å²) < 4.78 is 0. The number of nitrogens with zero attached hydrogens (tertiary/aromatic N) is 2. The average Bonchev–Trinajstić information content (AvgIpc) is 2.99. The Balaban J connectivity index is 1.87. The number of benzene rings is 1. The van der Waals surface area contributed by atoms with Crippen LogP contribution in [0, 0.1) is 0 Å². The molecule has 0 radical (unpaired) electrons. The molecule has 1 heterocycles. The van der Waals surface area contributed by atoms with E-state index in [-0.39, 0.29) is 11.7 Å². The number of anilines is 1. The number of aromatic nitrogens is 1. The highest BCUT2D eigenvalue weighted by Gasteiger charge is 2.21. The van der Waals surface area contributed by atoms with E-state index in [0.29, 0.717) is 11.7 Å². The van der Waals surface area contributed by atoms with E-state index in [1.807, 2.05) is 42.6 Å². The molecule has 0 bridgehead atoms. The molecule has 0 fully saturated rings. The fourth-order valence-electron chi connectivity index (χ4n) is 2.79. The number of hydrogen-bond donors (Lipinski definition) is 0. The molecule has 1 aromatic heterocycles. The molecule has 118 valence electrons. The molecular formula is C18H18N2O2S. The number of thiazole rings is 1. The van der Waals surface area contributed by atoms with Crippen LogP contribution in [0.5, 0.6) is 0 Å². The first-order chi connectivity index (χ1) is 11.1. The maximum absolute atomic E-state index is 12.6. The van der Waals surface area contributed by atoms with Crippen molar-refractivity contribution in [2.24, 2.45) is 0 Å². The summed E-state index contributed by atoms with van der Waals surface area (Å²) in [5.74, 6) is 0.0593. The molecule has 0 unspecified atom stereocenters. The largest absolute Gasteiger partial charge is 0.289 e. The highest BCUT2D eigenvalue weighted by molar-refractivity contribution is 7.14. The van der Waals surface area contributed by atoms with E-state index >= 15 is 0 Å². The second kappa shape index (κ2) is 6.46. The van der Waals surface area contributed by atoms with Gasteiger partial charge in [0.25, 0.3) is 0 Å². The van der Waals surface area contributed by atoms with E-state index < -0.39 is 0 Å². The average molecular weight is 326 g/mol. The van der Waals surface area contributed by atoms with Gasteiger partial charge in [0.15, 0.2) is 10.9 Å². The first-order valence-corrected chi connectivity index (χ1v) is 8.55. The van der Waals surface area contributed by atoms with Crippen LogP contribution in [0.1, 0.15) is 41.9 Å². The molecule has 1 aliphatic rings. The lowest BCUT2D eigenvalue weighted by atomic mass is 9.86. The monoisotopic (exact) mass is 326 g/mol. The summed E-state index contributed by atoms with van der Waals surface area (Å²) in [5, 5.41) is 2.57. The number of ketones is 1. The fourth-order valence-corrected chi connectivity index (χ4v) is 3.68. The van der Waals surface area contributed by atoms with Crippen molar-refractivity contribution in [2.75, 3.05) is 11.4 Å². The maximum atomic E-state index is 12.6. The third kappa shape index (κ3) is 3.10. The lowest BCUT2D eigenvalue weighted by Crippen LogP contribution is -2.27. The number of Topliss-reactive ketones (excluding diaryl/α,β-unsaturated/α-hetero) is 1. The second-order valence-corrected chi connectivity index (χ2v) is 6.31. The number of hydrogen-bond acceptors (Lipinski definition) is 4. The summed E-state index contributed by atoms with van der Waals surface area (Å²) in [5.41, 5.74) is 3.43. The quantitative estimate of drug-likeness (QED) is 0.808. The van der Waals surface area contributed by atoms with E-state index in [9.17, 15) is 9.59 Å². The highest BCUT2D eigenvalue weighted by atomic mass is 32.1. The predicted molar refractivity (Wildman–Crippen MR) is 92.9 cm³/mol. The minimum Gasteiger partial charge on any atom is -0.289 e. The highest BCUT2D eigenvalue weighted by Crippen LogP contribution is 2.28. The van der Waals surface area contributed by atoms with Crippen LogP contribution in [0.3, 0.4) is 0 Å². The Hall–Kier alpha value is -2.27. The van der Waals surface area contributed by atoms with Crippen LogP contribution in [0.25, 0.3) is 6.08 Å². The van der Waals surface area contributed by atoms with Gasteiger partial charge in [-0.3, -0.25) is 14.5 Å². The molecule has 0 saturated carbocycles. The molecule has 3 rings (SSSR count). The standard InChI is InChI=1S/C18H18N2O2S/c1-3-20(12(2)21)18-19-15(11-23-18)10-14-9-8-13-6-4-5-7-16(13)17(14)22/h4-7,10-11H,3,8-9H2,1-2H3. The smallest absolute Gasteiger partial charge is 0.225 e. The molecule has 1 aliphatic carbocycles. The topological polar surface area (TPSA) is 50.3 Å². The van der Waals surface area contributed by atoms with Gasteiger partial charge in [-0.25, -0.2) is 4.98 Å². The molecule has 0 spiro atoms. The van der Waals surface area contributed by atoms with Crippen molar-refractivity contribution in [3.8, 4) is 0 Å². The van der Waals surface area contributed by atoms with Gasteiger partial charge in [-0.2, -0.15) is 0 Å². The van der Waals surface area contributed by atoms with Crippen LogP contribution in [0.15, 0.2) is 35.2 Å². The zero-order valence-electron chi connectivity index (χ0n) is 13.2. The zero-order valence-corrected chi connectivity index (χ0v) is 14.0. The molecule has 1 amide bonds. The summed E-state index contributed by atoms with van der Waals surface area (Å²) in [6, 6.07) is 7.75. The van der Waals surface area contributed by atoms with Crippen LogP contribution in [-0.2, 0) is 11.2 Å². The minimum atomic E-state index is -0.0243. The number of carbonyl (C=O) groups excluding carboxylic acids is 2. The van der Waals surface area contributed by atoms with Gasteiger partial charge in [-0.05, 0) is 31.4 Å². The first kappa shape index (κ1) is 15.6. The van der Waals surface area contributed by atoms with Gasteiger partial charge in [-0.15, -0.1) is 11.3 Å². The number of amides is 1. The van der Waals surface area contributed by atoms with Crippen molar-refractivity contribution in [2.45, 2.75) is 26.7 Å². The third-order valence-corrected chi connectivity index (χ3v) is 4.86. The Morgan fingerprint density at radius 3 is 2.87 bits per heavy atom. The van der Waals surface area contributed by atoms with E-state index in [1.165, 1.54) is 18.3 Å². The van der Waals surface area contributed by atoms with E-state index in [0.717, 1.165) is 35.2 Å². The Labute approximate surface area is 139 Å². The van der Waals surface area contributed by atoms with Crippen molar-refractivity contribution in [1.29, 1.82) is 0 Å². The van der Waals surface area contributed by atoms with Crippen molar-refractivity contribution in [1.82, 2.24) is 4.98 Å². The minimum absolute atomic E-state index is 0.0243. The summed E-state index contributed by atoms with van der Waals surface area (Å²) in [6.07, 6.45) is 3.46. The molecule has 5 heteroatoms. The molecule has 0 aliphatic heterocycles. The van der Waals surface area contributed by atoms with Gasteiger partial charge in [0.2, 0.25) is 5.91 Å². The molecule has 0 saturated heterocycles. The predicted octanol–water partition coefficient (Wildman–Crippen LogP) is 3.73. The third-order valence-electron chi connectivity index (χ3n) is 3.98. The Morgan fingerprint density at radius 2 is 2.13 bits per heavy atom. The summed E-state index contributed by atoms with van der Waals surface area (Å²) >= 11 is 1.42. The molecule has 4 nitrogen and oxygen atoms in total. The van der Waals surface area contributed by atoms with Crippen LogP contribution in [0.2, 0.25) is 0 Å². The molecular weight excluding hydrogens is 308 g/mol. The van der Waals surface area contributed by atoms with Crippen LogP contribution >= 0.6 is 11.3 Å². The summed E-state index contributed by atoms with van der Waals surface area (Å²) in [7, 11) is 0. The second-order valence-electron chi connectivity index (χ2n) is 5.47. The summed E-state index contributed by atoms with van der Waals surface area (Å²) in [6.45, 7) is 4.04. The number of fused-ring (bicyclic) bond motifs is 1. The van der Waals surface area contributed by atoms with Gasteiger partial charge in [-0.1, -0.05) is 24.3 Å². The van der Waals surface area contributed by atoms with Gasteiger partial charge in [0, 0.05) is 30.0 Å². The Kier molecular flexibility index (Phi) is 4.39. The van der Waals surface area contributed by atoms with E-state index in [4.69, 9.17) is 0 Å². The van der Waals surface area contributed by atoms with Crippen LogP contribution in [-0.4, -0.2) is 23.2 Å². The van der Waals surface area contributed by atoms with Crippen molar-refractivity contribution < 1.29 is 9.59 Å². The Morgan fingerprint density at radius 1 is 1.35 bits per heavy atom. The van der Waals surface area contributed by atoms with Crippen LogP contribution in [0.4, 0.5) is 5.13 Å². The van der Waals surface area contributed by atoms with Gasteiger partial charge >= 0.3 is 0 Å². The van der Waals surface area contributed by atoms with Crippen LogP contribution < -0.4 is 4.90 Å². The lowest BCUT2D eigenvalue weighted by molar-refractivity contribution is -0.116. The molecule has 1 aromatic carbocycles. The fraction of sp³-hybridized carbons (Fsp3) is 0.278. The first-order valence-electron chi connectivity index (χ1n) is 7.67. The Bertz CT molecular complexity index is 792. The number of allylic oxidation sites excluding steroid dienone is 1. The van der Waals surface area contributed by atoms with Gasteiger partial charge < -0.3 is 0 Å². The molecule has 2 aromatic rings. The number of carbonyl (C=O) groups is 2. The lowest BCUT2D eigenvalue weighted by Gasteiger charge is -2.16. The normalized spacial score (nSPS) is 15.6. The molecule has 0 atom stereocenters.